The predicted molar refractivity (Wildman–Crippen MR) is 74.2 cm³/mol. The normalized spacial score (nSPS) is 10.7. The molecule has 0 saturated carbocycles. The standard InChI is InChI=1S/C16H13NO2/c18-16(19)10-13-14(12-6-2-1-3-7-12)11-17-9-5-4-8-15(13)17/h1-9,11H,10H2,(H,18,19). The molecule has 0 radical (unpaired) electrons. The monoisotopic (exact) mass is 251 g/mol. The van der Waals surface area contributed by atoms with Crippen LogP contribution < -0.4 is 0 Å². The van der Waals surface area contributed by atoms with Gasteiger partial charge in [0.1, 0.15) is 0 Å². The number of nitrogens with zero attached hydrogens (tertiary/aromatic N) is 1. The zero-order valence-corrected chi connectivity index (χ0v) is 10.3. The Labute approximate surface area is 110 Å². The van der Waals surface area contributed by atoms with E-state index in [0.717, 1.165) is 22.2 Å². The van der Waals surface area contributed by atoms with Crippen LogP contribution in [0.5, 0.6) is 0 Å². The van der Waals surface area contributed by atoms with E-state index in [1.54, 1.807) is 0 Å². The van der Waals surface area contributed by atoms with Gasteiger partial charge in [0, 0.05) is 23.5 Å². The van der Waals surface area contributed by atoms with E-state index in [-0.39, 0.29) is 6.42 Å². The summed E-state index contributed by atoms with van der Waals surface area (Å²) in [6, 6.07) is 15.7. The molecular formula is C16H13NO2. The van der Waals surface area contributed by atoms with Gasteiger partial charge in [-0.2, -0.15) is 0 Å². The number of carboxylic acid groups (broad SMARTS) is 1. The van der Waals surface area contributed by atoms with Gasteiger partial charge in [0.25, 0.3) is 0 Å². The van der Waals surface area contributed by atoms with E-state index >= 15 is 0 Å². The molecule has 0 spiro atoms. The summed E-state index contributed by atoms with van der Waals surface area (Å²) < 4.78 is 1.97. The van der Waals surface area contributed by atoms with Gasteiger partial charge in [-0.05, 0) is 23.3 Å². The van der Waals surface area contributed by atoms with E-state index in [1.807, 2.05) is 65.3 Å². The van der Waals surface area contributed by atoms with E-state index in [1.165, 1.54) is 0 Å². The van der Waals surface area contributed by atoms with Crippen LogP contribution in [0.4, 0.5) is 0 Å². The van der Waals surface area contributed by atoms with Crippen molar-refractivity contribution in [3.05, 3.63) is 66.5 Å². The lowest BCUT2D eigenvalue weighted by atomic mass is 10.0. The highest BCUT2D eigenvalue weighted by Crippen LogP contribution is 2.29. The van der Waals surface area contributed by atoms with Crippen molar-refractivity contribution in [1.82, 2.24) is 4.40 Å². The van der Waals surface area contributed by atoms with Gasteiger partial charge >= 0.3 is 5.97 Å². The van der Waals surface area contributed by atoms with Crippen LogP contribution in [-0.4, -0.2) is 15.5 Å². The van der Waals surface area contributed by atoms with Gasteiger partial charge in [-0.25, -0.2) is 0 Å². The third-order valence-electron chi connectivity index (χ3n) is 3.21. The second-order valence-corrected chi connectivity index (χ2v) is 4.45. The lowest BCUT2D eigenvalue weighted by molar-refractivity contribution is -0.136. The Morgan fingerprint density at radius 2 is 1.79 bits per heavy atom. The smallest absolute Gasteiger partial charge is 0.307 e. The minimum absolute atomic E-state index is 0.0325. The fourth-order valence-corrected chi connectivity index (χ4v) is 2.38. The number of carbonyl (C=O) groups is 1. The topological polar surface area (TPSA) is 41.7 Å². The summed E-state index contributed by atoms with van der Waals surface area (Å²) in [5, 5.41) is 9.11. The van der Waals surface area contributed by atoms with Crippen LogP contribution in [0.25, 0.3) is 16.6 Å². The van der Waals surface area contributed by atoms with Crippen molar-refractivity contribution in [2.75, 3.05) is 0 Å². The number of carboxylic acids is 1. The van der Waals surface area contributed by atoms with Crippen LogP contribution in [-0.2, 0) is 11.2 Å². The second-order valence-electron chi connectivity index (χ2n) is 4.45. The van der Waals surface area contributed by atoms with Gasteiger partial charge < -0.3 is 9.51 Å². The summed E-state index contributed by atoms with van der Waals surface area (Å²) in [6.07, 6.45) is 3.96. The zero-order valence-electron chi connectivity index (χ0n) is 10.3. The Hall–Kier alpha value is -2.55. The Balaban J connectivity index is 2.26. The molecule has 0 bridgehead atoms. The van der Waals surface area contributed by atoms with Gasteiger partial charge in [0.2, 0.25) is 0 Å². The summed E-state index contributed by atoms with van der Waals surface area (Å²) in [5.74, 6) is -0.811. The molecule has 3 rings (SSSR count). The molecule has 2 heterocycles. The van der Waals surface area contributed by atoms with Gasteiger partial charge in [-0.1, -0.05) is 36.4 Å². The quantitative estimate of drug-likeness (QED) is 0.776. The summed E-state index contributed by atoms with van der Waals surface area (Å²) in [7, 11) is 0. The van der Waals surface area contributed by atoms with Crippen LogP contribution >= 0.6 is 0 Å². The summed E-state index contributed by atoms with van der Waals surface area (Å²) in [6.45, 7) is 0. The van der Waals surface area contributed by atoms with Gasteiger partial charge in [0.05, 0.1) is 6.42 Å². The maximum absolute atomic E-state index is 11.1. The first-order valence-electron chi connectivity index (χ1n) is 6.11. The molecule has 19 heavy (non-hydrogen) atoms. The van der Waals surface area contributed by atoms with Gasteiger partial charge in [0.15, 0.2) is 0 Å². The zero-order chi connectivity index (χ0) is 13.2. The molecule has 1 aromatic carbocycles. The summed E-state index contributed by atoms with van der Waals surface area (Å²) >= 11 is 0. The minimum atomic E-state index is -0.811. The third-order valence-corrected chi connectivity index (χ3v) is 3.21. The molecule has 3 heteroatoms. The number of benzene rings is 1. The highest BCUT2D eigenvalue weighted by Gasteiger charge is 2.14. The molecule has 1 N–H and O–H groups in total. The maximum atomic E-state index is 11.1. The number of hydrogen-bond acceptors (Lipinski definition) is 1. The number of fused-ring (bicyclic) bond motifs is 1. The minimum Gasteiger partial charge on any atom is -0.481 e. The van der Waals surface area contributed by atoms with Gasteiger partial charge in [-0.15, -0.1) is 0 Å². The highest BCUT2D eigenvalue weighted by molar-refractivity contribution is 5.83. The number of hydrogen-bond donors (Lipinski definition) is 1. The molecule has 2 aromatic heterocycles. The number of aliphatic carboxylic acids is 1. The van der Waals surface area contributed by atoms with Crippen molar-refractivity contribution in [1.29, 1.82) is 0 Å². The van der Waals surface area contributed by atoms with Crippen molar-refractivity contribution in [3.8, 4) is 11.1 Å². The van der Waals surface area contributed by atoms with E-state index in [2.05, 4.69) is 0 Å². The Morgan fingerprint density at radius 3 is 2.53 bits per heavy atom. The summed E-state index contributed by atoms with van der Waals surface area (Å²) in [4.78, 5) is 11.1. The number of aromatic nitrogens is 1. The average molecular weight is 251 g/mol. The molecule has 0 aliphatic heterocycles. The first-order chi connectivity index (χ1) is 9.25. The molecule has 0 aliphatic rings. The Bertz CT molecular complexity index is 729. The van der Waals surface area contributed by atoms with Crippen molar-refractivity contribution in [3.63, 3.8) is 0 Å². The molecule has 3 nitrogen and oxygen atoms in total. The van der Waals surface area contributed by atoms with Crippen LogP contribution in [0.15, 0.2) is 60.9 Å². The molecule has 3 aromatic rings. The molecule has 0 atom stereocenters. The first kappa shape index (κ1) is 11.5. The third kappa shape index (κ3) is 2.10. The van der Waals surface area contributed by atoms with Crippen molar-refractivity contribution in [2.45, 2.75) is 6.42 Å². The van der Waals surface area contributed by atoms with E-state index in [0.29, 0.717) is 0 Å². The van der Waals surface area contributed by atoms with Crippen LogP contribution in [0.2, 0.25) is 0 Å². The molecule has 0 amide bonds. The lowest BCUT2D eigenvalue weighted by Crippen LogP contribution is -2.00. The molecule has 0 saturated heterocycles. The average Bonchev–Trinajstić information content (AvgIpc) is 2.78. The lowest BCUT2D eigenvalue weighted by Gasteiger charge is -2.02. The van der Waals surface area contributed by atoms with E-state index in [4.69, 9.17) is 5.11 Å². The van der Waals surface area contributed by atoms with Crippen molar-refractivity contribution in [2.24, 2.45) is 0 Å². The fraction of sp³-hybridized carbons (Fsp3) is 0.0625. The predicted octanol–water partition coefficient (Wildman–Crippen LogP) is 3.23. The van der Waals surface area contributed by atoms with Crippen molar-refractivity contribution < 1.29 is 9.90 Å². The molecule has 0 unspecified atom stereocenters. The van der Waals surface area contributed by atoms with Crippen LogP contribution in [0.1, 0.15) is 5.56 Å². The van der Waals surface area contributed by atoms with Crippen LogP contribution in [0.3, 0.4) is 0 Å². The molecule has 94 valence electrons. The fourth-order valence-electron chi connectivity index (χ4n) is 2.38. The van der Waals surface area contributed by atoms with E-state index in [9.17, 15) is 4.79 Å². The number of rotatable bonds is 3. The van der Waals surface area contributed by atoms with E-state index < -0.39 is 5.97 Å². The Kier molecular flexibility index (Phi) is 2.80. The second kappa shape index (κ2) is 4.61. The van der Waals surface area contributed by atoms with Crippen molar-refractivity contribution >= 4 is 11.5 Å². The highest BCUT2D eigenvalue weighted by atomic mass is 16.4. The molecule has 0 fully saturated rings. The maximum Gasteiger partial charge on any atom is 0.307 e. The SMILES string of the molecule is O=C(O)Cc1c(-c2ccccc2)cn2ccccc12. The number of pyridine rings is 1. The molecular weight excluding hydrogens is 238 g/mol. The Morgan fingerprint density at radius 1 is 1.05 bits per heavy atom. The first-order valence-corrected chi connectivity index (χ1v) is 6.11. The van der Waals surface area contributed by atoms with Gasteiger partial charge in [-0.3, -0.25) is 4.79 Å². The summed E-state index contributed by atoms with van der Waals surface area (Å²) in [5.41, 5.74) is 3.83. The largest absolute Gasteiger partial charge is 0.481 e. The van der Waals surface area contributed by atoms with Crippen LogP contribution in [0, 0.1) is 0 Å². The molecule has 0 aliphatic carbocycles.